The van der Waals surface area contributed by atoms with Gasteiger partial charge in [0, 0.05) is 29.9 Å². The molecule has 2 bridgehead atoms. The predicted molar refractivity (Wildman–Crippen MR) is 170 cm³/mol. The van der Waals surface area contributed by atoms with Crippen LogP contribution in [0.4, 0.5) is 17.6 Å². The molecule has 1 aromatic heterocycles. The molecule has 1 saturated carbocycles. The van der Waals surface area contributed by atoms with Gasteiger partial charge in [-0.15, -0.1) is 0 Å². The third kappa shape index (κ3) is 7.61. The fraction of sp³-hybridized carbons (Fsp3) is 0.472. The summed E-state index contributed by atoms with van der Waals surface area (Å²) in [6.07, 6.45) is -2.79. The lowest BCUT2D eigenvalue weighted by Crippen LogP contribution is -2.40. The van der Waals surface area contributed by atoms with Crippen molar-refractivity contribution in [3.05, 3.63) is 91.6 Å². The number of amides is 1. The largest absolute Gasteiger partial charge is 0.458 e. The third-order valence-electron chi connectivity index (χ3n) is 9.08. The highest BCUT2D eigenvalue weighted by molar-refractivity contribution is 5.83. The molecule has 0 spiro atoms. The number of pyridine rings is 1. The molecule has 2 heterocycles. The maximum Gasteiger partial charge on any atom is 0.416 e. The van der Waals surface area contributed by atoms with Crippen molar-refractivity contribution in [2.24, 2.45) is 5.92 Å². The Balaban J connectivity index is 1.59. The number of alkyl halides is 3. The topological polar surface area (TPSA) is 80.6 Å². The Kier molecular flexibility index (Phi) is 9.69. The molecule has 3 atom stereocenters. The minimum absolute atomic E-state index is 0.00420. The SMILES string of the molecule is Cc1cc(C)c2c(c1)C(C)OC(=O)C[C@H](NC(=O)C(CC1CC1)n1cc(CCN(C)C)c(C(F)(F)F)cc1=O)c1cc-2cc(C)c1F. The molecule has 0 radical (unpaired) electrons. The Morgan fingerprint density at radius 2 is 1.74 bits per heavy atom. The first-order valence-electron chi connectivity index (χ1n) is 15.9. The van der Waals surface area contributed by atoms with Gasteiger partial charge < -0.3 is 19.5 Å². The lowest BCUT2D eigenvalue weighted by atomic mass is 9.87. The van der Waals surface area contributed by atoms with E-state index in [0.717, 1.165) is 45.9 Å². The van der Waals surface area contributed by atoms with E-state index in [0.29, 0.717) is 23.7 Å². The molecule has 252 valence electrons. The van der Waals surface area contributed by atoms with Gasteiger partial charge in [0.2, 0.25) is 5.91 Å². The molecule has 1 N–H and O–H groups in total. The van der Waals surface area contributed by atoms with E-state index in [1.54, 1.807) is 45.0 Å². The number of carbonyl (C=O) groups is 2. The van der Waals surface area contributed by atoms with Crippen molar-refractivity contribution >= 4 is 11.9 Å². The Bertz CT molecular complexity index is 1760. The van der Waals surface area contributed by atoms with Crippen LogP contribution < -0.4 is 10.9 Å². The second-order valence-corrected chi connectivity index (χ2v) is 13.3. The summed E-state index contributed by atoms with van der Waals surface area (Å²) >= 11 is 0. The monoisotopic (exact) mass is 655 g/mol. The molecule has 2 aliphatic rings. The average Bonchev–Trinajstić information content (AvgIpc) is 3.79. The van der Waals surface area contributed by atoms with Crippen LogP contribution in [0.5, 0.6) is 0 Å². The van der Waals surface area contributed by atoms with Gasteiger partial charge in [-0.3, -0.25) is 14.4 Å². The molecule has 1 aliphatic heterocycles. The van der Waals surface area contributed by atoms with E-state index in [4.69, 9.17) is 4.74 Å². The Labute approximate surface area is 271 Å². The van der Waals surface area contributed by atoms with Crippen molar-refractivity contribution < 1.29 is 31.9 Å². The highest BCUT2D eigenvalue weighted by Crippen LogP contribution is 2.40. The van der Waals surface area contributed by atoms with Gasteiger partial charge in [-0.1, -0.05) is 30.5 Å². The van der Waals surface area contributed by atoms with Gasteiger partial charge in [0.1, 0.15) is 18.0 Å². The molecular formula is C36H41F4N3O4. The molecular weight excluding hydrogens is 614 g/mol. The number of carbonyl (C=O) groups excluding carboxylic acids is 2. The first-order valence-corrected chi connectivity index (χ1v) is 15.9. The van der Waals surface area contributed by atoms with Gasteiger partial charge >= 0.3 is 12.1 Å². The molecule has 1 aliphatic carbocycles. The normalized spacial score (nSPS) is 18.8. The average molecular weight is 656 g/mol. The van der Waals surface area contributed by atoms with Crippen molar-refractivity contribution in [2.45, 2.75) is 84.2 Å². The summed E-state index contributed by atoms with van der Waals surface area (Å²) in [6, 6.07) is 5.52. The maximum absolute atomic E-state index is 15.9. The second-order valence-electron chi connectivity index (χ2n) is 13.3. The second kappa shape index (κ2) is 13.3. The first-order chi connectivity index (χ1) is 22.0. The number of benzene rings is 2. The van der Waals surface area contributed by atoms with Crippen molar-refractivity contribution in [1.82, 2.24) is 14.8 Å². The first kappa shape index (κ1) is 34.3. The van der Waals surface area contributed by atoms with Gasteiger partial charge in [0.05, 0.1) is 18.0 Å². The molecule has 0 saturated heterocycles. The zero-order valence-electron chi connectivity index (χ0n) is 27.6. The molecule has 11 heteroatoms. The minimum atomic E-state index is -4.75. The number of hydrogen-bond donors (Lipinski definition) is 1. The summed E-state index contributed by atoms with van der Waals surface area (Å²) in [6.45, 7) is 7.55. The van der Waals surface area contributed by atoms with E-state index >= 15 is 4.39 Å². The fourth-order valence-corrected chi connectivity index (χ4v) is 6.55. The van der Waals surface area contributed by atoms with Gasteiger partial charge in [-0.05, 0) is 100 Å². The number of aromatic nitrogens is 1. The maximum atomic E-state index is 15.9. The van der Waals surface area contributed by atoms with Crippen LogP contribution in [-0.4, -0.2) is 42.0 Å². The van der Waals surface area contributed by atoms with Crippen LogP contribution >= 0.6 is 0 Å². The number of likely N-dealkylation sites (N-methyl/N-ethyl adjacent to an activating group) is 1. The van der Waals surface area contributed by atoms with Gasteiger partial charge in [-0.2, -0.15) is 13.2 Å². The van der Waals surface area contributed by atoms with Gasteiger partial charge in [0.15, 0.2) is 0 Å². The zero-order valence-corrected chi connectivity index (χ0v) is 27.6. The highest BCUT2D eigenvalue weighted by Gasteiger charge is 2.38. The summed E-state index contributed by atoms with van der Waals surface area (Å²) in [5.41, 5.74) is 2.50. The standard InChI is InChI=1S/C36H41F4N3O4/c1-19-11-20(2)33-25-13-21(3)34(37)27(15-25)29(17-32(45)47-22(4)26(33)12-19)41-35(46)30(14-23-7-8-23)43-18-24(9-10-42(5)6)28(16-31(43)44)36(38,39)40/h11-13,15-16,18,22-23,29-30H,7-10,14,17H2,1-6H3,(H,41,46)/t22?,29-,30?/m0/s1. The van der Waals surface area contributed by atoms with Gasteiger partial charge in [-0.25, -0.2) is 4.39 Å². The van der Waals surface area contributed by atoms with Crippen LogP contribution in [0.25, 0.3) is 11.1 Å². The number of fused-ring (bicyclic) bond motifs is 4. The quantitative estimate of drug-likeness (QED) is 0.211. The molecule has 1 amide bonds. The molecule has 5 rings (SSSR count). The van der Waals surface area contributed by atoms with E-state index in [-0.39, 0.29) is 36.3 Å². The third-order valence-corrected chi connectivity index (χ3v) is 9.08. The number of nitrogens with zero attached hydrogens (tertiary/aromatic N) is 2. The summed E-state index contributed by atoms with van der Waals surface area (Å²) in [4.78, 5) is 42.4. The Morgan fingerprint density at radius 1 is 1.04 bits per heavy atom. The van der Waals surface area contributed by atoms with E-state index in [9.17, 15) is 27.6 Å². The number of ether oxygens (including phenoxy) is 1. The zero-order chi connectivity index (χ0) is 34.4. The van der Waals surface area contributed by atoms with Crippen LogP contribution in [0.15, 0.2) is 41.3 Å². The van der Waals surface area contributed by atoms with Crippen molar-refractivity contribution in [2.75, 3.05) is 20.6 Å². The lowest BCUT2D eigenvalue weighted by molar-refractivity contribution is -0.149. The van der Waals surface area contributed by atoms with Crippen LogP contribution in [0.1, 0.15) is 89.7 Å². The summed E-state index contributed by atoms with van der Waals surface area (Å²) in [7, 11) is 3.46. The van der Waals surface area contributed by atoms with E-state index in [1.165, 1.54) is 0 Å². The molecule has 2 unspecified atom stereocenters. The Morgan fingerprint density at radius 3 is 2.38 bits per heavy atom. The minimum Gasteiger partial charge on any atom is -0.458 e. The van der Waals surface area contributed by atoms with E-state index in [1.807, 2.05) is 26.0 Å². The van der Waals surface area contributed by atoms with Gasteiger partial charge in [0.25, 0.3) is 5.56 Å². The molecule has 7 nitrogen and oxygen atoms in total. The smallest absolute Gasteiger partial charge is 0.416 e. The van der Waals surface area contributed by atoms with Crippen LogP contribution in [0.3, 0.4) is 0 Å². The fourth-order valence-electron chi connectivity index (χ4n) is 6.55. The summed E-state index contributed by atoms with van der Waals surface area (Å²) in [5, 5.41) is 2.81. The van der Waals surface area contributed by atoms with Crippen molar-refractivity contribution in [1.29, 1.82) is 0 Å². The number of cyclic esters (lactones) is 1. The van der Waals surface area contributed by atoms with Crippen molar-refractivity contribution in [3.8, 4) is 11.1 Å². The number of hydrogen-bond acceptors (Lipinski definition) is 5. The van der Waals surface area contributed by atoms with Crippen LogP contribution in [-0.2, 0) is 26.9 Å². The number of rotatable bonds is 8. The number of esters is 1. The molecule has 2 aromatic carbocycles. The predicted octanol–water partition coefficient (Wildman–Crippen LogP) is 6.91. The summed E-state index contributed by atoms with van der Waals surface area (Å²) in [5.74, 6) is -1.84. The van der Waals surface area contributed by atoms with Crippen LogP contribution in [0, 0.1) is 32.5 Å². The number of aryl methyl sites for hydroxylation is 3. The molecule has 47 heavy (non-hydrogen) atoms. The van der Waals surface area contributed by atoms with Crippen LogP contribution in [0.2, 0.25) is 0 Å². The number of halogens is 4. The Hall–Kier alpha value is -3.99. The summed E-state index contributed by atoms with van der Waals surface area (Å²) < 4.78 is 64.7. The molecule has 3 aromatic rings. The highest BCUT2D eigenvalue weighted by atomic mass is 19.4. The van der Waals surface area contributed by atoms with E-state index in [2.05, 4.69) is 5.32 Å². The lowest BCUT2D eigenvalue weighted by Gasteiger charge is -2.28. The number of nitrogens with one attached hydrogen (secondary N) is 1. The van der Waals surface area contributed by atoms with E-state index < -0.39 is 53.2 Å². The molecule has 1 fully saturated rings. The van der Waals surface area contributed by atoms with Crippen molar-refractivity contribution in [3.63, 3.8) is 0 Å².